The number of hydrogen-bond acceptors (Lipinski definition) is 6. The summed E-state index contributed by atoms with van der Waals surface area (Å²) in [6.07, 6.45) is 3.56. The number of benzene rings is 1. The van der Waals surface area contributed by atoms with E-state index < -0.39 is 0 Å². The van der Waals surface area contributed by atoms with E-state index in [0.717, 1.165) is 17.1 Å². The number of nitrogens with one attached hydrogen (secondary N) is 1. The maximum atomic E-state index is 5.75. The quantitative estimate of drug-likeness (QED) is 0.900. The van der Waals surface area contributed by atoms with Crippen LogP contribution in [0.1, 0.15) is 11.6 Å². The lowest BCUT2D eigenvalue weighted by Crippen LogP contribution is -2.37. The van der Waals surface area contributed by atoms with E-state index in [9.17, 15) is 0 Å². The fourth-order valence-corrected chi connectivity index (χ4v) is 2.91. The van der Waals surface area contributed by atoms with Gasteiger partial charge in [-0.05, 0) is 6.07 Å². The van der Waals surface area contributed by atoms with Gasteiger partial charge in [0.25, 0.3) is 0 Å². The van der Waals surface area contributed by atoms with Crippen LogP contribution in [0.15, 0.2) is 30.6 Å². The Kier molecular flexibility index (Phi) is 3.65. The van der Waals surface area contributed by atoms with E-state index in [-0.39, 0.29) is 12.1 Å². The van der Waals surface area contributed by atoms with Crippen LogP contribution in [0.25, 0.3) is 0 Å². The van der Waals surface area contributed by atoms with Crippen molar-refractivity contribution in [3.8, 4) is 11.5 Å². The van der Waals surface area contributed by atoms with Crippen LogP contribution in [-0.4, -0.2) is 47.5 Å². The largest absolute Gasteiger partial charge is 0.486 e. The van der Waals surface area contributed by atoms with E-state index in [1.807, 2.05) is 23.0 Å². The summed E-state index contributed by atoms with van der Waals surface area (Å²) in [5.74, 6) is 1.67. The molecule has 0 radical (unpaired) electrons. The number of fused-ring (bicyclic) bond motifs is 1. The molecule has 2 aliphatic rings. The molecule has 1 fully saturated rings. The van der Waals surface area contributed by atoms with Crippen LogP contribution in [0.3, 0.4) is 0 Å². The van der Waals surface area contributed by atoms with E-state index in [2.05, 4.69) is 21.7 Å². The van der Waals surface area contributed by atoms with Gasteiger partial charge in [-0.2, -0.15) is 0 Å². The molecular weight excluding hydrogens is 284 g/mol. The minimum absolute atomic E-state index is 0.166. The first-order valence-corrected chi connectivity index (χ1v) is 7.46. The molecule has 2 atom stereocenters. The summed E-state index contributed by atoms with van der Waals surface area (Å²) in [6.45, 7) is 3.21. The van der Waals surface area contributed by atoms with Crippen LogP contribution < -0.4 is 14.8 Å². The third-order valence-corrected chi connectivity index (χ3v) is 4.03. The number of hydrogen-bond donors (Lipinski definition) is 1. The van der Waals surface area contributed by atoms with E-state index in [1.54, 1.807) is 6.20 Å². The maximum Gasteiger partial charge on any atom is 0.165 e. The molecule has 0 amide bonds. The van der Waals surface area contributed by atoms with Crippen molar-refractivity contribution in [2.24, 2.45) is 0 Å². The summed E-state index contributed by atoms with van der Waals surface area (Å²) >= 11 is 0. The molecule has 3 heterocycles. The predicted molar refractivity (Wildman–Crippen MR) is 77.9 cm³/mol. The van der Waals surface area contributed by atoms with E-state index in [1.165, 1.54) is 0 Å². The van der Waals surface area contributed by atoms with Gasteiger partial charge in [0.2, 0.25) is 0 Å². The molecule has 0 aliphatic carbocycles. The second-order valence-electron chi connectivity index (χ2n) is 5.42. The zero-order valence-corrected chi connectivity index (χ0v) is 12.1. The van der Waals surface area contributed by atoms with Gasteiger partial charge in [-0.15, -0.1) is 5.10 Å². The molecule has 2 aromatic rings. The summed E-state index contributed by atoms with van der Waals surface area (Å²) in [5, 5.41) is 11.5. The topological polar surface area (TPSA) is 70.4 Å². The van der Waals surface area contributed by atoms with Crippen molar-refractivity contribution in [2.45, 2.75) is 18.6 Å². The molecule has 22 heavy (non-hydrogen) atoms. The molecule has 1 aromatic heterocycles. The highest BCUT2D eigenvalue weighted by atomic mass is 16.6. The zero-order chi connectivity index (χ0) is 14.8. The van der Waals surface area contributed by atoms with Gasteiger partial charge in [0.05, 0.1) is 31.5 Å². The van der Waals surface area contributed by atoms with Crippen molar-refractivity contribution in [2.75, 3.05) is 26.4 Å². The Bertz CT molecular complexity index is 632. The van der Waals surface area contributed by atoms with Crippen LogP contribution in [0.5, 0.6) is 11.5 Å². The molecular formula is C15H18N4O3. The fourth-order valence-electron chi connectivity index (χ4n) is 2.91. The predicted octanol–water partition coefficient (Wildman–Crippen LogP) is 0.779. The molecule has 116 valence electrons. The van der Waals surface area contributed by atoms with Crippen molar-refractivity contribution in [3.05, 3.63) is 36.2 Å². The Morgan fingerprint density at radius 2 is 2.18 bits per heavy atom. The number of aromatic nitrogens is 3. The summed E-state index contributed by atoms with van der Waals surface area (Å²) in [5.41, 5.74) is 1.10. The first-order chi connectivity index (χ1) is 10.9. The van der Waals surface area contributed by atoms with Crippen molar-refractivity contribution in [1.82, 2.24) is 20.3 Å². The van der Waals surface area contributed by atoms with Crippen LogP contribution in [0.2, 0.25) is 0 Å². The Morgan fingerprint density at radius 1 is 1.23 bits per heavy atom. The highest BCUT2D eigenvalue weighted by Crippen LogP contribution is 2.33. The highest BCUT2D eigenvalue weighted by Gasteiger charge is 2.30. The second kappa shape index (κ2) is 5.94. The number of nitrogens with zero attached hydrogens (tertiary/aromatic N) is 3. The zero-order valence-electron chi connectivity index (χ0n) is 12.1. The van der Waals surface area contributed by atoms with Gasteiger partial charge < -0.3 is 19.5 Å². The van der Waals surface area contributed by atoms with Gasteiger partial charge in [0, 0.05) is 18.3 Å². The number of ether oxygens (including phenoxy) is 3. The van der Waals surface area contributed by atoms with Crippen molar-refractivity contribution in [1.29, 1.82) is 0 Å². The molecule has 1 aromatic carbocycles. The van der Waals surface area contributed by atoms with E-state index in [4.69, 9.17) is 14.2 Å². The van der Waals surface area contributed by atoms with Crippen LogP contribution >= 0.6 is 0 Å². The van der Waals surface area contributed by atoms with Crippen LogP contribution in [0.4, 0.5) is 0 Å². The Hall–Kier alpha value is -2.12. The van der Waals surface area contributed by atoms with Gasteiger partial charge in [-0.1, -0.05) is 17.3 Å². The van der Waals surface area contributed by atoms with Crippen molar-refractivity contribution >= 4 is 0 Å². The lowest BCUT2D eigenvalue weighted by Gasteiger charge is -2.23. The molecule has 2 aliphatic heterocycles. The van der Waals surface area contributed by atoms with Crippen LogP contribution in [0, 0.1) is 0 Å². The van der Waals surface area contributed by atoms with Gasteiger partial charge in [0.15, 0.2) is 11.5 Å². The van der Waals surface area contributed by atoms with Gasteiger partial charge in [-0.25, -0.2) is 4.68 Å². The summed E-state index contributed by atoms with van der Waals surface area (Å²) in [4.78, 5) is 0. The number of para-hydroxylation sites is 1. The molecule has 0 spiro atoms. The minimum atomic E-state index is 0.166. The molecule has 7 heteroatoms. The monoisotopic (exact) mass is 302 g/mol. The molecule has 7 nitrogen and oxygen atoms in total. The van der Waals surface area contributed by atoms with Gasteiger partial charge >= 0.3 is 0 Å². The van der Waals surface area contributed by atoms with Gasteiger partial charge in [-0.3, -0.25) is 0 Å². The smallest absolute Gasteiger partial charge is 0.165 e. The summed E-state index contributed by atoms with van der Waals surface area (Å²) < 4.78 is 18.8. The molecule has 0 unspecified atom stereocenters. The summed E-state index contributed by atoms with van der Waals surface area (Å²) in [7, 11) is 0. The molecule has 1 saturated heterocycles. The lowest BCUT2D eigenvalue weighted by atomic mass is 10.1. The third kappa shape index (κ3) is 2.53. The van der Waals surface area contributed by atoms with Crippen molar-refractivity contribution in [3.63, 3.8) is 0 Å². The van der Waals surface area contributed by atoms with Gasteiger partial charge in [0.1, 0.15) is 13.2 Å². The highest BCUT2D eigenvalue weighted by molar-refractivity contribution is 5.47. The fraction of sp³-hybridized carbons (Fsp3) is 0.467. The Morgan fingerprint density at radius 3 is 3.09 bits per heavy atom. The average Bonchev–Trinajstić information content (AvgIpc) is 3.23. The Balaban J connectivity index is 1.46. The Labute approximate surface area is 128 Å². The average molecular weight is 302 g/mol. The minimum Gasteiger partial charge on any atom is -0.486 e. The first-order valence-electron chi connectivity index (χ1n) is 7.46. The number of rotatable bonds is 4. The molecule has 0 saturated carbocycles. The van der Waals surface area contributed by atoms with E-state index >= 15 is 0 Å². The van der Waals surface area contributed by atoms with Crippen LogP contribution in [-0.2, 0) is 11.3 Å². The van der Waals surface area contributed by atoms with Crippen molar-refractivity contribution < 1.29 is 14.2 Å². The summed E-state index contributed by atoms with van der Waals surface area (Å²) in [6, 6.07) is 6.35. The maximum absolute atomic E-state index is 5.75. The normalized spacial score (nSPS) is 23.6. The first kappa shape index (κ1) is 13.5. The molecule has 0 bridgehead atoms. The lowest BCUT2D eigenvalue weighted by molar-refractivity contribution is 0.169. The molecule has 1 N–H and O–H groups in total. The standard InChI is InChI=1S/C15H18N4O3/c1-2-11(15-14(3-1)21-6-7-22-15)8-16-12-9-20-10-13(12)19-5-4-17-18-19/h1-5,12-13,16H,6-10H2/t12-,13+/m0/s1. The third-order valence-electron chi connectivity index (χ3n) is 4.03. The van der Waals surface area contributed by atoms with E-state index in [0.29, 0.717) is 33.0 Å². The molecule has 4 rings (SSSR count). The SMILES string of the molecule is c1cc(CN[C@H]2COC[C@H]2n2ccnn2)c2c(c1)OCCO2. The second-order valence-corrected chi connectivity index (χ2v) is 5.42.